The highest BCUT2D eigenvalue weighted by atomic mass is 16.5. The van der Waals surface area contributed by atoms with Crippen LogP contribution in [0.3, 0.4) is 0 Å². The van der Waals surface area contributed by atoms with Crippen molar-refractivity contribution < 1.29 is 4.74 Å². The first-order valence-electron chi connectivity index (χ1n) is 6.91. The van der Waals surface area contributed by atoms with Gasteiger partial charge in [0, 0.05) is 6.61 Å². The Morgan fingerprint density at radius 2 is 2.00 bits per heavy atom. The van der Waals surface area contributed by atoms with E-state index in [2.05, 4.69) is 12.3 Å². The van der Waals surface area contributed by atoms with Crippen LogP contribution in [0.5, 0.6) is 0 Å². The molecule has 2 aliphatic rings. The van der Waals surface area contributed by atoms with Crippen LogP contribution >= 0.6 is 0 Å². The largest absolute Gasteiger partial charge is 0.374 e. The molecule has 0 spiro atoms. The van der Waals surface area contributed by atoms with Crippen LogP contribution in [0.1, 0.15) is 58.3 Å². The van der Waals surface area contributed by atoms with Gasteiger partial charge in [0.25, 0.3) is 0 Å². The lowest BCUT2D eigenvalue weighted by Gasteiger charge is -2.40. The molecule has 3 heteroatoms. The van der Waals surface area contributed by atoms with Crippen LogP contribution in [0.2, 0.25) is 0 Å². The predicted molar refractivity (Wildman–Crippen MR) is 65.9 cm³/mol. The Labute approximate surface area is 99.1 Å². The summed E-state index contributed by atoms with van der Waals surface area (Å²) in [6.45, 7) is 2.90. The van der Waals surface area contributed by atoms with E-state index in [1.54, 1.807) is 0 Å². The fraction of sp³-hybridized carbons (Fsp3) is 1.00. The summed E-state index contributed by atoms with van der Waals surface area (Å²) < 4.78 is 6.07. The molecule has 0 aromatic heterocycles. The van der Waals surface area contributed by atoms with Gasteiger partial charge in [-0.25, -0.2) is 0 Å². The third-order valence-corrected chi connectivity index (χ3v) is 4.51. The van der Waals surface area contributed by atoms with Gasteiger partial charge in [-0.05, 0) is 32.1 Å². The van der Waals surface area contributed by atoms with E-state index < -0.39 is 0 Å². The lowest BCUT2D eigenvalue weighted by Crippen LogP contribution is -2.54. The van der Waals surface area contributed by atoms with Crippen LogP contribution in [0.15, 0.2) is 0 Å². The van der Waals surface area contributed by atoms with Crippen molar-refractivity contribution in [3.63, 3.8) is 0 Å². The van der Waals surface area contributed by atoms with Crippen molar-refractivity contribution >= 4 is 0 Å². The topological polar surface area (TPSA) is 47.3 Å². The van der Waals surface area contributed by atoms with Gasteiger partial charge >= 0.3 is 0 Å². The van der Waals surface area contributed by atoms with Gasteiger partial charge in [-0.2, -0.15) is 0 Å². The van der Waals surface area contributed by atoms with Crippen LogP contribution in [-0.2, 0) is 4.74 Å². The molecule has 94 valence electrons. The standard InChI is InChI=1S/C13H26N2O/c1-2-16-13(8-3-4-9-13)12(15-14)10-11-6-5-7-11/h11-12,15H,2-10,14H2,1H3. The van der Waals surface area contributed by atoms with E-state index in [9.17, 15) is 0 Å². The minimum absolute atomic E-state index is 0.0408. The van der Waals surface area contributed by atoms with Gasteiger partial charge in [0.15, 0.2) is 0 Å². The average Bonchev–Trinajstić information content (AvgIpc) is 2.66. The van der Waals surface area contributed by atoms with E-state index in [0.29, 0.717) is 6.04 Å². The zero-order valence-corrected chi connectivity index (χ0v) is 10.5. The van der Waals surface area contributed by atoms with E-state index >= 15 is 0 Å². The predicted octanol–water partition coefficient (Wildman–Crippen LogP) is 2.36. The molecule has 3 nitrogen and oxygen atoms in total. The zero-order valence-electron chi connectivity index (χ0n) is 10.5. The Balaban J connectivity index is 1.96. The van der Waals surface area contributed by atoms with Gasteiger partial charge in [-0.15, -0.1) is 0 Å². The number of rotatable bonds is 6. The summed E-state index contributed by atoms with van der Waals surface area (Å²) in [4.78, 5) is 0. The monoisotopic (exact) mass is 226 g/mol. The van der Waals surface area contributed by atoms with Crippen molar-refractivity contribution in [3.8, 4) is 0 Å². The molecule has 2 fully saturated rings. The van der Waals surface area contributed by atoms with Crippen LogP contribution in [0.4, 0.5) is 0 Å². The van der Waals surface area contributed by atoms with Crippen molar-refractivity contribution in [1.82, 2.24) is 5.43 Å². The first kappa shape index (κ1) is 12.3. The SMILES string of the molecule is CCOC1(C(CC2CCC2)NN)CCCC1. The lowest BCUT2D eigenvalue weighted by atomic mass is 9.76. The molecule has 1 atom stereocenters. The molecule has 0 aromatic carbocycles. The summed E-state index contributed by atoms with van der Waals surface area (Å²) in [5.74, 6) is 6.65. The highest BCUT2D eigenvalue weighted by molar-refractivity contribution is 4.97. The van der Waals surface area contributed by atoms with Gasteiger partial charge in [-0.1, -0.05) is 32.1 Å². The Morgan fingerprint density at radius 3 is 2.44 bits per heavy atom. The second kappa shape index (κ2) is 5.48. The number of hydrogen-bond acceptors (Lipinski definition) is 3. The summed E-state index contributed by atoms with van der Waals surface area (Å²) in [7, 11) is 0. The quantitative estimate of drug-likeness (QED) is 0.540. The molecule has 0 amide bonds. The molecule has 0 aromatic rings. The van der Waals surface area contributed by atoms with E-state index in [0.717, 1.165) is 12.5 Å². The number of hydrazine groups is 1. The maximum atomic E-state index is 6.07. The molecule has 3 N–H and O–H groups in total. The normalized spacial score (nSPS) is 26.6. The lowest BCUT2D eigenvalue weighted by molar-refractivity contribution is -0.0687. The van der Waals surface area contributed by atoms with Crippen LogP contribution < -0.4 is 11.3 Å². The molecule has 2 aliphatic carbocycles. The summed E-state index contributed by atoms with van der Waals surface area (Å²) >= 11 is 0. The Morgan fingerprint density at radius 1 is 1.31 bits per heavy atom. The van der Waals surface area contributed by atoms with Gasteiger partial charge in [0.2, 0.25) is 0 Å². The van der Waals surface area contributed by atoms with Gasteiger partial charge in [-0.3, -0.25) is 11.3 Å². The maximum Gasteiger partial charge on any atom is 0.0848 e. The van der Waals surface area contributed by atoms with E-state index in [4.69, 9.17) is 10.6 Å². The van der Waals surface area contributed by atoms with E-state index in [-0.39, 0.29) is 5.60 Å². The second-order valence-electron chi connectivity index (χ2n) is 5.46. The highest BCUT2D eigenvalue weighted by Crippen LogP contribution is 2.40. The van der Waals surface area contributed by atoms with Crippen LogP contribution in [-0.4, -0.2) is 18.2 Å². The Bertz CT molecular complexity index is 210. The van der Waals surface area contributed by atoms with Crippen molar-refractivity contribution in [2.75, 3.05) is 6.61 Å². The summed E-state index contributed by atoms with van der Waals surface area (Å²) in [6, 6.07) is 0.361. The Kier molecular flexibility index (Phi) is 4.22. The first-order chi connectivity index (χ1) is 7.80. The third kappa shape index (κ3) is 2.41. The first-order valence-corrected chi connectivity index (χ1v) is 6.91. The number of nitrogens with two attached hydrogens (primary N) is 1. The zero-order chi connectivity index (χ0) is 11.4. The van der Waals surface area contributed by atoms with Crippen LogP contribution in [0, 0.1) is 5.92 Å². The Hall–Kier alpha value is -0.120. The molecule has 16 heavy (non-hydrogen) atoms. The van der Waals surface area contributed by atoms with Crippen molar-refractivity contribution in [3.05, 3.63) is 0 Å². The molecular weight excluding hydrogens is 200 g/mol. The molecule has 0 radical (unpaired) electrons. The second-order valence-corrected chi connectivity index (χ2v) is 5.46. The molecular formula is C13H26N2O. The van der Waals surface area contributed by atoms with Gasteiger partial charge in [0.1, 0.15) is 0 Å². The van der Waals surface area contributed by atoms with Crippen molar-refractivity contribution in [1.29, 1.82) is 0 Å². The summed E-state index contributed by atoms with van der Waals surface area (Å²) in [6.07, 6.45) is 10.3. The molecule has 0 heterocycles. The summed E-state index contributed by atoms with van der Waals surface area (Å²) in [5.41, 5.74) is 3.08. The average molecular weight is 226 g/mol. The smallest absolute Gasteiger partial charge is 0.0848 e. The fourth-order valence-electron chi connectivity index (χ4n) is 3.35. The van der Waals surface area contributed by atoms with Gasteiger partial charge < -0.3 is 4.74 Å². The van der Waals surface area contributed by atoms with E-state index in [1.807, 2.05) is 0 Å². The molecule has 0 aliphatic heterocycles. The fourth-order valence-corrected chi connectivity index (χ4v) is 3.35. The van der Waals surface area contributed by atoms with Crippen molar-refractivity contribution in [2.45, 2.75) is 69.9 Å². The molecule has 1 unspecified atom stereocenters. The van der Waals surface area contributed by atoms with E-state index in [1.165, 1.54) is 51.4 Å². The molecule has 0 saturated heterocycles. The maximum absolute atomic E-state index is 6.07. The third-order valence-electron chi connectivity index (χ3n) is 4.51. The van der Waals surface area contributed by atoms with Crippen LogP contribution in [0.25, 0.3) is 0 Å². The van der Waals surface area contributed by atoms with Crippen molar-refractivity contribution in [2.24, 2.45) is 11.8 Å². The minimum atomic E-state index is 0.0408. The number of ether oxygens (including phenoxy) is 1. The number of hydrogen-bond donors (Lipinski definition) is 2. The molecule has 0 bridgehead atoms. The van der Waals surface area contributed by atoms with Gasteiger partial charge in [0.05, 0.1) is 11.6 Å². The molecule has 2 saturated carbocycles. The highest BCUT2D eigenvalue weighted by Gasteiger charge is 2.43. The minimum Gasteiger partial charge on any atom is -0.374 e. The molecule has 2 rings (SSSR count). The number of nitrogens with one attached hydrogen (secondary N) is 1. The summed E-state index contributed by atoms with van der Waals surface area (Å²) in [5, 5.41) is 0.